The lowest BCUT2D eigenvalue weighted by Crippen LogP contribution is -2.42. The molecule has 0 aliphatic carbocycles. The van der Waals surface area contributed by atoms with Crippen LogP contribution in [0.1, 0.15) is 17.3 Å². The zero-order valence-electron chi connectivity index (χ0n) is 10.00. The topological polar surface area (TPSA) is 89.9 Å². The minimum Gasteiger partial charge on any atom is -0.479 e. The molecule has 1 aromatic rings. The molecule has 0 aromatic carbocycles. The monoisotopic (exact) mass is 272 g/mol. The van der Waals surface area contributed by atoms with Gasteiger partial charge in [0, 0.05) is 25.1 Å². The number of rotatable bonds is 6. The first kappa shape index (κ1) is 14.5. The molecule has 1 rings (SSSR count). The van der Waals surface area contributed by atoms with Crippen molar-refractivity contribution in [1.29, 1.82) is 0 Å². The van der Waals surface area contributed by atoms with Gasteiger partial charge in [0.05, 0.1) is 0 Å². The van der Waals surface area contributed by atoms with Crippen LogP contribution in [0.5, 0.6) is 0 Å². The second-order valence-electron chi connectivity index (χ2n) is 3.73. The van der Waals surface area contributed by atoms with Crippen molar-refractivity contribution in [3.8, 4) is 0 Å². The van der Waals surface area contributed by atoms with Crippen LogP contribution >= 0.6 is 11.3 Å². The molecule has 0 aliphatic rings. The third-order valence-corrected chi connectivity index (χ3v) is 3.28. The van der Waals surface area contributed by atoms with Crippen LogP contribution < -0.4 is 5.32 Å². The Labute approximate surface area is 109 Å². The molecular weight excluding hydrogens is 256 g/mol. The van der Waals surface area contributed by atoms with Crippen molar-refractivity contribution in [3.63, 3.8) is 0 Å². The van der Waals surface area contributed by atoms with E-state index in [4.69, 9.17) is 10.2 Å². The van der Waals surface area contributed by atoms with Crippen molar-refractivity contribution in [2.45, 2.75) is 12.5 Å². The Bertz CT molecular complexity index is 394. The summed E-state index contributed by atoms with van der Waals surface area (Å²) in [5, 5.41) is 22.0. The number of carbonyl (C=O) groups excluding carboxylic acids is 1. The Morgan fingerprint density at radius 3 is 2.78 bits per heavy atom. The highest BCUT2D eigenvalue weighted by molar-refractivity contribution is 7.10. The average Bonchev–Trinajstić information content (AvgIpc) is 2.85. The highest BCUT2D eigenvalue weighted by atomic mass is 32.1. The largest absolute Gasteiger partial charge is 0.479 e. The van der Waals surface area contributed by atoms with E-state index in [2.05, 4.69) is 5.32 Å². The van der Waals surface area contributed by atoms with E-state index in [1.165, 1.54) is 16.2 Å². The van der Waals surface area contributed by atoms with E-state index in [9.17, 15) is 9.59 Å². The molecule has 1 aromatic heterocycles. The van der Waals surface area contributed by atoms with Gasteiger partial charge in [-0.1, -0.05) is 6.07 Å². The molecule has 18 heavy (non-hydrogen) atoms. The van der Waals surface area contributed by atoms with Gasteiger partial charge in [-0.05, 0) is 17.9 Å². The quantitative estimate of drug-likeness (QED) is 0.717. The summed E-state index contributed by atoms with van der Waals surface area (Å²) in [5.41, 5.74) is 0. The van der Waals surface area contributed by atoms with Gasteiger partial charge in [-0.25, -0.2) is 9.59 Å². The van der Waals surface area contributed by atoms with Gasteiger partial charge in [0.25, 0.3) is 0 Å². The number of carboxylic acid groups (broad SMARTS) is 1. The number of urea groups is 1. The zero-order valence-corrected chi connectivity index (χ0v) is 10.8. The summed E-state index contributed by atoms with van der Waals surface area (Å²) < 4.78 is 0. The number of aliphatic hydroxyl groups excluding tert-OH is 1. The van der Waals surface area contributed by atoms with Crippen molar-refractivity contribution >= 4 is 23.3 Å². The van der Waals surface area contributed by atoms with Gasteiger partial charge in [0.2, 0.25) is 0 Å². The number of hydrogen-bond acceptors (Lipinski definition) is 4. The number of nitrogens with zero attached hydrogens (tertiary/aromatic N) is 1. The third kappa shape index (κ3) is 4.01. The average molecular weight is 272 g/mol. The van der Waals surface area contributed by atoms with Gasteiger partial charge < -0.3 is 20.4 Å². The lowest BCUT2D eigenvalue weighted by atomic mass is 10.2. The SMILES string of the molecule is CN(CCCO)C(=O)NC(C(=O)O)c1cccs1. The number of carboxylic acids is 1. The lowest BCUT2D eigenvalue weighted by molar-refractivity contribution is -0.139. The Morgan fingerprint density at radius 1 is 1.56 bits per heavy atom. The molecular formula is C11H16N2O4S. The summed E-state index contributed by atoms with van der Waals surface area (Å²) in [6.07, 6.45) is 0.459. The number of hydrogen-bond donors (Lipinski definition) is 3. The van der Waals surface area contributed by atoms with Crippen LogP contribution in [0.2, 0.25) is 0 Å². The van der Waals surface area contributed by atoms with Crippen molar-refractivity contribution in [1.82, 2.24) is 10.2 Å². The van der Waals surface area contributed by atoms with Crippen LogP contribution in [-0.4, -0.2) is 47.3 Å². The first-order valence-electron chi connectivity index (χ1n) is 5.45. The number of thiophene rings is 1. The van der Waals surface area contributed by atoms with E-state index in [0.29, 0.717) is 17.8 Å². The number of aliphatic hydroxyl groups is 1. The predicted molar refractivity (Wildman–Crippen MR) is 67.6 cm³/mol. The molecule has 7 heteroatoms. The maximum Gasteiger partial charge on any atom is 0.331 e. The zero-order chi connectivity index (χ0) is 13.5. The molecule has 0 fully saturated rings. The fraction of sp³-hybridized carbons (Fsp3) is 0.455. The minimum absolute atomic E-state index is 0.00902. The van der Waals surface area contributed by atoms with Crippen LogP contribution in [0.4, 0.5) is 4.79 Å². The molecule has 6 nitrogen and oxygen atoms in total. The number of nitrogens with one attached hydrogen (secondary N) is 1. The summed E-state index contributed by atoms with van der Waals surface area (Å²) in [4.78, 5) is 24.8. The first-order chi connectivity index (χ1) is 8.56. The van der Waals surface area contributed by atoms with E-state index in [-0.39, 0.29) is 6.61 Å². The Kier molecular flexibility index (Phi) is 5.60. The summed E-state index contributed by atoms with van der Waals surface area (Å²) in [5.74, 6) is -1.10. The van der Waals surface area contributed by atoms with Crippen molar-refractivity contribution in [2.24, 2.45) is 0 Å². The molecule has 3 N–H and O–H groups in total. The Balaban J connectivity index is 2.62. The maximum atomic E-state index is 11.7. The molecule has 0 saturated heterocycles. The minimum atomic E-state index is -1.10. The van der Waals surface area contributed by atoms with Crippen molar-refractivity contribution in [3.05, 3.63) is 22.4 Å². The number of carbonyl (C=O) groups is 2. The highest BCUT2D eigenvalue weighted by Crippen LogP contribution is 2.19. The van der Waals surface area contributed by atoms with Gasteiger partial charge in [0.1, 0.15) is 0 Å². The van der Waals surface area contributed by atoms with E-state index >= 15 is 0 Å². The molecule has 0 saturated carbocycles. The predicted octanol–water partition coefficient (Wildman–Crippen LogP) is 0.898. The fourth-order valence-corrected chi connectivity index (χ4v) is 2.12. The summed E-state index contributed by atoms with van der Waals surface area (Å²) >= 11 is 1.28. The molecule has 0 spiro atoms. The molecule has 1 unspecified atom stereocenters. The third-order valence-electron chi connectivity index (χ3n) is 2.34. The van der Waals surface area contributed by atoms with Gasteiger partial charge >= 0.3 is 12.0 Å². The molecule has 2 amide bonds. The number of amides is 2. The normalized spacial score (nSPS) is 11.9. The van der Waals surface area contributed by atoms with Crippen LogP contribution in [0, 0.1) is 0 Å². The van der Waals surface area contributed by atoms with Crippen LogP contribution in [0.3, 0.4) is 0 Å². The van der Waals surface area contributed by atoms with Crippen molar-refractivity contribution < 1.29 is 19.8 Å². The second kappa shape index (κ2) is 6.97. The standard InChI is InChI=1S/C11H16N2O4S/c1-13(5-3-6-14)11(17)12-9(10(15)16)8-4-2-7-18-8/h2,4,7,9,14H,3,5-6H2,1H3,(H,12,17)(H,15,16). The van der Waals surface area contributed by atoms with Crippen LogP contribution in [0.15, 0.2) is 17.5 Å². The first-order valence-corrected chi connectivity index (χ1v) is 6.33. The van der Waals surface area contributed by atoms with Gasteiger partial charge in [0.15, 0.2) is 6.04 Å². The molecule has 0 aliphatic heterocycles. The van der Waals surface area contributed by atoms with Crippen molar-refractivity contribution in [2.75, 3.05) is 20.2 Å². The summed E-state index contributed by atoms with van der Waals surface area (Å²) in [6.45, 7) is 0.365. The molecule has 1 atom stereocenters. The van der Waals surface area contributed by atoms with Gasteiger partial charge in [-0.3, -0.25) is 0 Å². The van der Waals surface area contributed by atoms with Gasteiger partial charge in [-0.15, -0.1) is 11.3 Å². The van der Waals surface area contributed by atoms with E-state index in [1.807, 2.05) is 0 Å². The Morgan fingerprint density at radius 2 is 2.28 bits per heavy atom. The Hall–Kier alpha value is -1.60. The molecule has 0 radical (unpaired) electrons. The van der Waals surface area contributed by atoms with E-state index < -0.39 is 18.0 Å². The number of aliphatic carboxylic acids is 1. The summed E-state index contributed by atoms with van der Waals surface area (Å²) in [6, 6.07) is 1.90. The summed E-state index contributed by atoms with van der Waals surface area (Å²) in [7, 11) is 1.55. The molecule has 1 heterocycles. The van der Waals surface area contributed by atoms with Gasteiger partial charge in [-0.2, -0.15) is 0 Å². The molecule has 0 bridgehead atoms. The van der Waals surface area contributed by atoms with Crippen LogP contribution in [0.25, 0.3) is 0 Å². The second-order valence-corrected chi connectivity index (χ2v) is 4.71. The molecule has 100 valence electrons. The lowest BCUT2D eigenvalue weighted by Gasteiger charge is -2.20. The smallest absolute Gasteiger partial charge is 0.331 e. The maximum absolute atomic E-state index is 11.7. The van der Waals surface area contributed by atoms with E-state index in [0.717, 1.165) is 0 Å². The van der Waals surface area contributed by atoms with E-state index in [1.54, 1.807) is 24.6 Å². The van der Waals surface area contributed by atoms with Crippen LogP contribution in [-0.2, 0) is 4.79 Å². The fourth-order valence-electron chi connectivity index (χ4n) is 1.35. The highest BCUT2D eigenvalue weighted by Gasteiger charge is 2.24.